The van der Waals surface area contributed by atoms with Gasteiger partial charge in [0, 0.05) is 12.1 Å². The van der Waals surface area contributed by atoms with Crippen LogP contribution in [0.2, 0.25) is 0 Å². The van der Waals surface area contributed by atoms with E-state index in [1.54, 1.807) is 0 Å². The number of hydrogen-bond donors (Lipinski definition) is 3. The van der Waals surface area contributed by atoms with Crippen LogP contribution in [-0.2, 0) is 0 Å². The van der Waals surface area contributed by atoms with E-state index in [0.29, 0.717) is 12.2 Å². The Labute approximate surface area is 126 Å². The van der Waals surface area contributed by atoms with Crippen LogP contribution in [0.3, 0.4) is 0 Å². The number of aromatic nitrogens is 2. The van der Waals surface area contributed by atoms with Crippen LogP contribution in [-0.4, -0.2) is 32.9 Å². The summed E-state index contributed by atoms with van der Waals surface area (Å²) in [6, 6.07) is 5.57. The second kappa shape index (κ2) is 5.42. The van der Waals surface area contributed by atoms with E-state index in [1.807, 2.05) is 0 Å². The van der Waals surface area contributed by atoms with Crippen LogP contribution in [0, 0.1) is 5.82 Å². The maximum absolute atomic E-state index is 12.9. The lowest BCUT2D eigenvalue weighted by atomic mass is 9.78. The van der Waals surface area contributed by atoms with E-state index in [9.17, 15) is 14.3 Å². The highest BCUT2D eigenvalue weighted by molar-refractivity contribution is 5.94. The molecule has 1 aromatic carbocycles. The van der Waals surface area contributed by atoms with Gasteiger partial charge in [-0.05, 0) is 43.5 Å². The van der Waals surface area contributed by atoms with E-state index in [0.717, 1.165) is 19.3 Å². The molecule has 0 bridgehead atoms. The molecule has 0 aliphatic heterocycles. The van der Waals surface area contributed by atoms with Gasteiger partial charge in [-0.3, -0.25) is 4.79 Å². The van der Waals surface area contributed by atoms with Crippen molar-refractivity contribution >= 4 is 5.91 Å². The fraction of sp³-hybridized carbons (Fsp3) is 0.333. The molecule has 1 fully saturated rings. The smallest absolute Gasteiger partial charge is 0.275 e. The molecule has 4 N–H and O–H groups in total. The molecule has 2 aromatic rings. The van der Waals surface area contributed by atoms with Crippen molar-refractivity contribution in [2.24, 2.45) is 5.73 Å². The highest BCUT2D eigenvalue weighted by Crippen LogP contribution is 2.28. The van der Waals surface area contributed by atoms with Crippen LogP contribution in [0.4, 0.5) is 4.39 Å². The Bertz CT molecular complexity index is 692. The largest absolute Gasteiger partial charge is 0.504 e. The molecule has 1 aliphatic carbocycles. The molecule has 0 radical (unpaired) electrons. The zero-order chi connectivity index (χ0) is 15.7. The maximum Gasteiger partial charge on any atom is 0.275 e. The number of carbonyl (C=O) groups is 1. The minimum atomic E-state index is -0.477. The molecule has 1 aromatic heterocycles. The Morgan fingerprint density at radius 2 is 2.09 bits per heavy atom. The molecule has 116 valence electrons. The number of amides is 1. The summed E-state index contributed by atoms with van der Waals surface area (Å²) in [5, 5.41) is 16.6. The number of nitrogens with two attached hydrogens (primary N) is 1. The minimum Gasteiger partial charge on any atom is -0.504 e. The molecule has 0 spiro atoms. The summed E-state index contributed by atoms with van der Waals surface area (Å²) < 4.78 is 14.2. The van der Waals surface area contributed by atoms with Crippen LogP contribution < -0.4 is 11.1 Å². The maximum atomic E-state index is 12.9. The summed E-state index contributed by atoms with van der Waals surface area (Å²) in [4.78, 5) is 12.1. The normalized spacial score (nSPS) is 16.1. The Kier molecular flexibility index (Phi) is 3.58. The number of halogens is 1. The van der Waals surface area contributed by atoms with Gasteiger partial charge in [-0.1, -0.05) is 0 Å². The first-order valence-corrected chi connectivity index (χ1v) is 7.09. The van der Waals surface area contributed by atoms with Crippen LogP contribution in [0.1, 0.15) is 29.8 Å². The van der Waals surface area contributed by atoms with Gasteiger partial charge in [-0.2, -0.15) is 5.10 Å². The predicted molar refractivity (Wildman–Crippen MR) is 78.3 cm³/mol. The first kappa shape index (κ1) is 14.5. The summed E-state index contributed by atoms with van der Waals surface area (Å²) in [6.07, 6.45) is 4.13. The molecule has 0 unspecified atom stereocenters. The predicted octanol–water partition coefficient (Wildman–Crippen LogP) is 1.33. The standard InChI is InChI=1S/C15H17FN4O2/c16-10-2-4-11(5-3-10)20-8-12(21)13(19-20)14(22)18-9-15(17)6-1-7-15/h2-5,8,21H,1,6-7,9,17H2,(H,18,22). The van der Waals surface area contributed by atoms with Gasteiger partial charge in [-0.25, -0.2) is 9.07 Å². The van der Waals surface area contributed by atoms with Crippen LogP contribution >= 0.6 is 0 Å². The van der Waals surface area contributed by atoms with E-state index in [1.165, 1.54) is 35.1 Å². The fourth-order valence-electron chi connectivity index (χ4n) is 2.40. The van der Waals surface area contributed by atoms with Gasteiger partial charge >= 0.3 is 0 Å². The van der Waals surface area contributed by atoms with Crippen molar-refractivity contribution in [1.82, 2.24) is 15.1 Å². The number of rotatable bonds is 4. The molecule has 1 saturated carbocycles. The lowest BCUT2D eigenvalue weighted by Gasteiger charge is -2.37. The second-order valence-electron chi connectivity index (χ2n) is 5.68. The zero-order valence-corrected chi connectivity index (χ0v) is 11.9. The van der Waals surface area contributed by atoms with E-state index in [-0.39, 0.29) is 22.8 Å². The van der Waals surface area contributed by atoms with Gasteiger partial charge in [0.05, 0.1) is 11.9 Å². The second-order valence-corrected chi connectivity index (χ2v) is 5.68. The van der Waals surface area contributed by atoms with Gasteiger partial charge in [0.2, 0.25) is 0 Å². The SMILES string of the molecule is NC1(CNC(=O)c2nn(-c3ccc(F)cc3)cc2O)CCC1. The van der Waals surface area contributed by atoms with E-state index in [4.69, 9.17) is 5.73 Å². The van der Waals surface area contributed by atoms with Gasteiger partial charge in [-0.15, -0.1) is 0 Å². The van der Waals surface area contributed by atoms with Gasteiger partial charge in [0.1, 0.15) is 5.82 Å². The molecular weight excluding hydrogens is 287 g/mol. The van der Waals surface area contributed by atoms with E-state index in [2.05, 4.69) is 10.4 Å². The van der Waals surface area contributed by atoms with Crippen LogP contribution in [0.5, 0.6) is 5.75 Å². The van der Waals surface area contributed by atoms with E-state index >= 15 is 0 Å². The number of aromatic hydroxyl groups is 1. The van der Waals surface area contributed by atoms with Crippen molar-refractivity contribution < 1.29 is 14.3 Å². The van der Waals surface area contributed by atoms with Crippen molar-refractivity contribution in [2.45, 2.75) is 24.8 Å². The van der Waals surface area contributed by atoms with Crippen LogP contribution in [0.15, 0.2) is 30.5 Å². The lowest BCUT2D eigenvalue weighted by molar-refractivity contribution is 0.0921. The summed E-state index contributed by atoms with van der Waals surface area (Å²) >= 11 is 0. The van der Waals surface area contributed by atoms with Crippen molar-refractivity contribution in [1.29, 1.82) is 0 Å². The molecule has 1 heterocycles. The molecule has 3 rings (SSSR count). The van der Waals surface area contributed by atoms with Crippen LogP contribution in [0.25, 0.3) is 5.69 Å². The van der Waals surface area contributed by atoms with Crippen molar-refractivity contribution in [3.05, 3.63) is 42.0 Å². The molecule has 1 amide bonds. The highest BCUT2D eigenvalue weighted by Gasteiger charge is 2.33. The third-order valence-corrected chi connectivity index (χ3v) is 3.95. The van der Waals surface area contributed by atoms with Crippen molar-refractivity contribution in [3.8, 4) is 11.4 Å². The third kappa shape index (κ3) is 2.80. The topological polar surface area (TPSA) is 93.2 Å². The van der Waals surface area contributed by atoms with Gasteiger partial charge in [0.15, 0.2) is 11.4 Å². The monoisotopic (exact) mass is 304 g/mol. The number of hydrogen-bond acceptors (Lipinski definition) is 4. The average molecular weight is 304 g/mol. The lowest BCUT2D eigenvalue weighted by Crippen LogP contribution is -2.54. The van der Waals surface area contributed by atoms with Crippen molar-refractivity contribution in [2.75, 3.05) is 6.54 Å². The van der Waals surface area contributed by atoms with E-state index < -0.39 is 5.91 Å². The Balaban J connectivity index is 1.74. The molecule has 0 saturated heterocycles. The Hall–Kier alpha value is -2.41. The first-order valence-electron chi connectivity index (χ1n) is 7.09. The van der Waals surface area contributed by atoms with Crippen molar-refractivity contribution in [3.63, 3.8) is 0 Å². The number of carbonyl (C=O) groups excluding carboxylic acids is 1. The highest BCUT2D eigenvalue weighted by atomic mass is 19.1. The Morgan fingerprint density at radius 3 is 2.68 bits per heavy atom. The molecule has 0 atom stereocenters. The number of nitrogens with zero attached hydrogens (tertiary/aromatic N) is 2. The number of nitrogens with one attached hydrogen (secondary N) is 1. The van der Waals surface area contributed by atoms with Gasteiger partial charge in [0.25, 0.3) is 5.91 Å². The molecule has 1 aliphatic rings. The third-order valence-electron chi connectivity index (χ3n) is 3.95. The minimum absolute atomic E-state index is 0.0766. The molecule has 22 heavy (non-hydrogen) atoms. The first-order chi connectivity index (χ1) is 10.5. The molecule has 6 nitrogen and oxygen atoms in total. The molecule has 7 heteroatoms. The summed E-state index contributed by atoms with van der Waals surface area (Å²) in [7, 11) is 0. The zero-order valence-electron chi connectivity index (χ0n) is 11.9. The average Bonchev–Trinajstić information content (AvgIpc) is 2.85. The summed E-state index contributed by atoms with van der Waals surface area (Å²) in [5.74, 6) is -1.08. The fourth-order valence-corrected chi connectivity index (χ4v) is 2.40. The molecular formula is C15H17FN4O2. The quantitative estimate of drug-likeness (QED) is 0.794. The van der Waals surface area contributed by atoms with Gasteiger partial charge < -0.3 is 16.2 Å². The summed E-state index contributed by atoms with van der Waals surface area (Å²) in [5.41, 5.74) is 6.17. The summed E-state index contributed by atoms with van der Waals surface area (Å²) in [6.45, 7) is 0.356. The number of benzene rings is 1. The Morgan fingerprint density at radius 1 is 1.41 bits per heavy atom.